The third-order valence-electron chi connectivity index (χ3n) is 7.00. The molecule has 2 heteroatoms. The third-order valence-corrected chi connectivity index (χ3v) is 7.00. The van der Waals surface area contributed by atoms with E-state index in [9.17, 15) is 4.79 Å². The number of ether oxygens (including phenoxy) is 1. The predicted octanol–water partition coefficient (Wildman–Crippen LogP) is 11.1. The van der Waals surface area contributed by atoms with Crippen LogP contribution in [0.3, 0.4) is 0 Å². The molecule has 0 aliphatic heterocycles. The summed E-state index contributed by atoms with van der Waals surface area (Å²) in [5, 5.41) is 0. The van der Waals surface area contributed by atoms with Gasteiger partial charge in [-0.2, -0.15) is 0 Å². The van der Waals surface area contributed by atoms with Gasteiger partial charge in [-0.25, -0.2) is 0 Å². The van der Waals surface area contributed by atoms with E-state index in [0.29, 0.717) is 13.0 Å². The van der Waals surface area contributed by atoms with Crippen molar-refractivity contribution in [3.63, 3.8) is 0 Å². The summed E-state index contributed by atoms with van der Waals surface area (Å²) in [5.41, 5.74) is 0. The molecule has 33 heavy (non-hydrogen) atoms. The number of hydrogen-bond donors (Lipinski definition) is 0. The second kappa shape index (κ2) is 29.5. The number of unbranched alkanes of at least 4 members (excludes halogenated alkanes) is 24. The predicted molar refractivity (Wildman–Crippen MR) is 147 cm³/mol. The minimum Gasteiger partial charge on any atom is -0.466 e. The average molecular weight is 467 g/mol. The smallest absolute Gasteiger partial charge is 0.305 e. The zero-order chi connectivity index (χ0) is 24.1. The Bertz CT molecular complexity index is 366. The third kappa shape index (κ3) is 29.4. The largest absolute Gasteiger partial charge is 0.466 e. The van der Waals surface area contributed by atoms with Gasteiger partial charge in [-0.1, -0.05) is 168 Å². The van der Waals surface area contributed by atoms with Gasteiger partial charge in [0.05, 0.1) is 6.61 Å². The highest BCUT2D eigenvalue weighted by molar-refractivity contribution is 5.69. The van der Waals surface area contributed by atoms with Gasteiger partial charge >= 0.3 is 5.97 Å². The molecule has 0 aromatic carbocycles. The quantitative estimate of drug-likeness (QED) is 0.0846. The summed E-state index contributed by atoms with van der Waals surface area (Å²) >= 11 is 0. The summed E-state index contributed by atoms with van der Waals surface area (Å²) in [6.45, 7) is 5.19. The van der Waals surface area contributed by atoms with Gasteiger partial charge in [0, 0.05) is 6.42 Å². The Kier molecular flexibility index (Phi) is 29.0. The summed E-state index contributed by atoms with van der Waals surface area (Å²) in [5.74, 6) is 0.0243. The molecule has 0 amide bonds. The molecule has 0 unspecified atom stereocenters. The monoisotopic (exact) mass is 466 g/mol. The van der Waals surface area contributed by atoms with Crippen LogP contribution in [0.5, 0.6) is 0 Å². The van der Waals surface area contributed by atoms with Crippen LogP contribution < -0.4 is 0 Å². The highest BCUT2D eigenvalue weighted by atomic mass is 16.5. The Morgan fingerprint density at radius 2 is 0.667 bits per heavy atom. The topological polar surface area (TPSA) is 26.3 Å². The Balaban J connectivity index is 3.13. The first kappa shape index (κ1) is 32.5. The summed E-state index contributed by atoms with van der Waals surface area (Å²) in [6.07, 6.45) is 35.7. The fourth-order valence-electron chi connectivity index (χ4n) is 4.67. The maximum Gasteiger partial charge on any atom is 0.305 e. The number of hydrogen-bond acceptors (Lipinski definition) is 2. The van der Waals surface area contributed by atoms with E-state index in [0.717, 1.165) is 12.8 Å². The average Bonchev–Trinajstić information content (AvgIpc) is 2.82. The number of esters is 1. The molecule has 0 aromatic heterocycles. The van der Waals surface area contributed by atoms with E-state index in [-0.39, 0.29) is 5.97 Å². The van der Waals surface area contributed by atoms with Crippen LogP contribution in [0.1, 0.15) is 187 Å². The number of rotatable bonds is 28. The Hall–Kier alpha value is -0.530. The van der Waals surface area contributed by atoms with E-state index in [1.54, 1.807) is 0 Å². The molecule has 0 fully saturated rings. The Morgan fingerprint density at radius 1 is 0.394 bits per heavy atom. The highest BCUT2D eigenvalue weighted by Gasteiger charge is 2.02. The molecule has 0 atom stereocenters. The van der Waals surface area contributed by atoms with Gasteiger partial charge in [0.25, 0.3) is 0 Å². The van der Waals surface area contributed by atoms with Gasteiger partial charge in [-0.05, 0) is 12.8 Å². The molecule has 0 aliphatic carbocycles. The van der Waals surface area contributed by atoms with E-state index >= 15 is 0 Å². The molecule has 0 saturated heterocycles. The van der Waals surface area contributed by atoms with Crippen LogP contribution in [0.15, 0.2) is 0 Å². The lowest BCUT2D eigenvalue weighted by molar-refractivity contribution is -0.143. The van der Waals surface area contributed by atoms with Crippen LogP contribution >= 0.6 is 0 Å². The lowest BCUT2D eigenvalue weighted by Crippen LogP contribution is -2.05. The van der Waals surface area contributed by atoms with Gasteiger partial charge < -0.3 is 4.74 Å². The maximum atomic E-state index is 11.8. The lowest BCUT2D eigenvalue weighted by Gasteiger charge is -2.06. The molecule has 0 N–H and O–H groups in total. The molecule has 0 aliphatic rings. The molecule has 0 aromatic rings. The van der Waals surface area contributed by atoms with Crippen LogP contribution in [0, 0.1) is 0 Å². The van der Waals surface area contributed by atoms with Gasteiger partial charge in [0.15, 0.2) is 0 Å². The summed E-state index contributed by atoms with van der Waals surface area (Å²) in [7, 11) is 0. The molecule has 198 valence electrons. The van der Waals surface area contributed by atoms with Crippen LogP contribution in [0.2, 0.25) is 0 Å². The fraction of sp³-hybridized carbons (Fsp3) is 0.968. The van der Waals surface area contributed by atoms with Crippen molar-refractivity contribution in [1.29, 1.82) is 0 Å². The highest BCUT2D eigenvalue weighted by Crippen LogP contribution is 2.14. The van der Waals surface area contributed by atoms with Crippen LogP contribution in [-0.4, -0.2) is 12.6 Å². The van der Waals surface area contributed by atoms with E-state index < -0.39 is 0 Å². The minimum atomic E-state index is 0.0243. The summed E-state index contributed by atoms with van der Waals surface area (Å²) in [6, 6.07) is 0. The minimum absolute atomic E-state index is 0.0243. The van der Waals surface area contributed by atoms with Gasteiger partial charge in [0.2, 0.25) is 0 Å². The van der Waals surface area contributed by atoms with Crippen molar-refractivity contribution < 1.29 is 9.53 Å². The van der Waals surface area contributed by atoms with Crippen molar-refractivity contribution in [2.45, 2.75) is 187 Å². The first-order chi connectivity index (χ1) is 16.3. The van der Waals surface area contributed by atoms with E-state index in [2.05, 4.69) is 13.8 Å². The van der Waals surface area contributed by atoms with Crippen molar-refractivity contribution in [2.75, 3.05) is 6.61 Å². The molecule has 0 spiro atoms. The molecular weight excluding hydrogens is 404 g/mol. The molecule has 0 bridgehead atoms. The number of carbonyl (C=O) groups excluding carboxylic acids is 1. The van der Waals surface area contributed by atoms with Crippen LogP contribution in [0.25, 0.3) is 0 Å². The second-order valence-corrected chi connectivity index (χ2v) is 10.5. The van der Waals surface area contributed by atoms with Crippen molar-refractivity contribution in [2.24, 2.45) is 0 Å². The first-order valence-corrected chi connectivity index (χ1v) is 15.5. The zero-order valence-electron chi connectivity index (χ0n) is 23.1. The molecule has 2 nitrogen and oxygen atoms in total. The summed E-state index contributed by atoms with van der Waals surface area (Å²) < 4.78 is 5.40. The van der Waals surface area contributed by atoms with Crippen LogP contribution in [0.4, 0.5) is 0 Å². The van der Waals surface area contributed by atoms with Gasteiger partial charge in [-0.15, -0.1) is 0 Å². The molecule has 0 heterocycles. The number of carbonyl (C=O) groups is 1. The van der Waals surface area contributed by atoms with E-state index in [1.807, 2.05) is 0 Å². The van der Waals surface area contributed by atoms with E-state index in [1.165, 1.54) is 154 Å². The van der Waals surface area contributed by atoms with Crippen molar-refractivity contribution in [1.82, 2.24) is 0 Å². The van der Waals surface area contributed by atoms with Gasteiger partial charge in [-0.3, -0.25) is 4.79 Å². The molecule has 0 radical (unpaired) electrons. The van der Waals surface area contributed by atoms with Crippen molar-refractivity contribution >= 4 is 5.97 Å². The summed E-state index contributed by atoms with van der Waals surface area (Å²) in [4.78, 5) is 11.8. The first-order valence-electron chi connectivity index (χ1n) is 15.5. The van der Waals surface area contributed by atoms with Crippen molar-refractivity contribution in [3.05, 3.63) is 0 Å². The fourth-order valence-corrected chi connectivity index (χ4v) is 4.67. The molecule has 0 rings (SSSR count). The normalized spacial score (nSPS) is 11.2. The molecule has 0 saturated carbocycles. The van der Waals surface area contributed by atoms with Gasteiger partial charge in [0.1, 0.15) is 0 Å². The standard InChI is InChI=1S/C31H62O2/c1-3-5-7-9-11-13-15-16-17-18-19-20-21-23-25-27-29-31(32)33-30-28-26-24-22-14-12-10-8-6-4-2/h3-30H2,1-2H3. The van der Waals surface area contributed by atoms with E-state index in [4.69, 9.17) is 4.74 Å². The Labute approximate surface area is 209 Å². The van der Waals surface area contributed by atoms with Crippen molar-refractivity contribution in [3.8, 4) is 0 Å². The molecular formula is C31H62O2. The lowest BCUT2D eigenvalue weighted by atomic mass is 10.0. The maximum absolute atomic E-state index is 11.8. The SMILES string of the molecule is CCCCCCCCCCCCCCCCCCC(=O)OCCCCCCCCCCCC. The zero-order valence-corrected chi connectivity index (χ0v) is 23.1. The second-order valence-electron chi connectivity index (χ2n) is 10.5. The Morgan fingerprint density at radius 3 is 1.00 bits per heavy atom. The van der Waals surface area contributed by atoms with Crippen LogP contribution in [-0.2, 0) is 9.53 Å².